The highest BCUT2D eigenvalue weighted by molar-refractivity contribution is 7.92. The summed E-state index contributed by atoms with van der Waals surface area (Å²) in [5.74, 6) is 0.252. The van der Waals surface area contributed by atoms with Crippen LogP contribution in [0.1, 0.15) is 30.8 Å². The molecule has 0 saturated heterocycles. The van der Waals surface area contributed by atoms with Crippen molar-refractivity contribution in [2.45, 2.75) is 44.3 Å². The molecular weight excluding hydrogens is 406 g/mol. The van der Waals surface area contributed by atoms with Gasteiger partial charge in [0.25, 0.3) is 5.56 Å². The van der Waals surface area contributed by atoms with Crippen LogP contribution in [-0.4, -0.2) is 39.3 Å². The number of carbonyl (C=O) groups is 1. The fraction of sp³-hybridized carbons (Fsp3) is 0.300. The maximum Gasteiger partial charge on any atom is 0.252 e. The highest BCUT2D eigenvalue weighted by Crippen LogP contribution is 2.18. The summed E-state index contributed by atoms with van der Waals surface area (Å²) in [4.78, 5) is 31.4. The maximum atomic E-state index is 12.5. The summed E-state index contributed by atoms with van der Waals surface area (Å²) >= 11 is 0. The molecule has 2 aromatic heterocycles. The number of aromatic amines is 1. The quantitative estimate of drug-likeness (QED) is 0.616. The lowest BCUT2D eigenvalue weighted by Gasteiger charge is -2.10. The van der Waals surface area contributed by atoms with Gasteiger partial charge in [-0.25, -0.2) is 13.4 Å². The van der Waals surface area contributed by atoms with Gasteiger partial charge in [-0.3, -0.25) is 14.6 Å². The molecule has 0 fully saturated rings. The lowest BCUT2D eigenvalue weighted by Crippen LogP contribution is -2.20. The molecule has 0 unspecified atom stereocenters. The van der Waals surface area contributed by atoms with Gasteiger partial charge in [0.1, 0.15) is 5.82 Å². The third-order valence-corrected chi connectivity index (χ3v) is 6.56. The fourth-order valence-electron chi connectivity index (χ4n) is 2.86. The van der Waals surface area contributed by atoms with Crippen molar-refractivity contribution in [3.8, 4) is 5.95 Å². The highest BCUT2D eigenvalue weighted by Gasteiger charge is 2.19. The van der Waals surface area contributed by atoms with Crippen LogP contribution in [-0.2, 0) is 21.1 Å². The van der Waals surface area contributed by atoms with Gasteiger partial charge in [-0.1, -0.05) is 12.1 Å². The number of carbonyl (C=O) groups excluding carboxylic acids is 1. The summed E-state index contributed by atoms with van der Waals surface area (Å²) in [5.41, 5.74) is 1.51. The lowest BCUT2D eigenvalue weighted by atomic mass is 10.1. The molecule has 0 spiro atoms. The second kappa shape index (κ2) is 8.23. The van der Waals surface area contributed by atoms with Gasteiger partial charge < -0.3 is 5.32 Å². The van der Waals surface area contributed by atoms with Crippen molar-refractivity contribution in [2.24, 2.45) is 0 Å². The predicted molar refractivity (Wildman–Crippen MR) is 113 cm³/mol. The van der Waals surface area contributed by atoms with E-state index >= 15 is 0 Å². The zero-order valence-corrected chi connectivity index (χ0v) is 17.9. The molecule has 0 aliphatic heterocycles. The molecule has 0 atom stereocenters. The molecular formula is C20H23N5O4S. The van der Waals surface area contributed by atoms with Gasteiger partial charge in [-0.05, 0) is 45.4 Å². The van der Waals surface area contributed by atoms with Crippen LogP contribution in [0.2, 0.25) is 0 Å². The topological polar surface area (TPSA) is 127 Å². The van der Waals surface area contributed by atoms with E-state index in [1.807, 2.05) is 0 Å². The normalized spacial score (nSPS) is 11.6. The minimum absolute atomic E-state index is 0.0456. The Hall–Kier alpha value is -3.27. The monoisotopic (exact) mass is 429 g/mol. The molecule has 2 heterocycles. The summed E-state index contributed by atoms with van der Waals surface area (Å²) in [6, 6.07) is 9.29. The Morgan fingerprint density at radius 1 is 1.13 bits per heavy atom. The Kier molecular flexibility index (Phi) is 5.88. The van der Waals surface area contributed by atoms with Crippen molar-refractivity contribution in [3.05, 3.63) is 63.7 Å². The maximum absolute atomic E-state index is 12.5. The van der Waals surface area contributed by atoms with Crippen molar-refractivity contribution in [1.82, 2.24) is 19.7 Å². The SMILES string of the molecule is Cc1cc(=O)[nH]c(-n2nc(C)cc2NC(=O)Cc2ccc(S(=O)(=O)C(C)C)cc2)n1. The van der Waals surface area contributed by atoms with E-state index in [0.717, 1.165) is 0 Å². The number of H-pyrrole nitrogens is 1. The first kappa shape index (κ1) is 21.4. The zero-order chi connectivity index (χ0) is 22.1. The number of rotatable bonds is 6. The Balaban J connectivity index is 1.78. The molecule has 3 aromatic rings. The number of hydrogen-bond acceptors (Lipinski definition) is 6. The minimum Gasteiger partial charge on any atom is -0.310 e. The number of anilines is 1. The van der Waals surface area contributed by atoms with Crippen LogP contribution in [0.5, 0.6) is 0 Å². The number of amides is 1. The third-order valence-electron chi connectivity index (χ3n) is 4.39. The van der Waals surface area contributed by atoms with Crippen LogP contribution in [0.25, 0.3) is 5.95 Å². The van der Waals surface area contributed by atoms with Crippen LogP contribution in [0.4, 0.5) is 5.82 Å². The number of benzene rings is 1. The Morgan fingerprint density at radius 3 is 2.40 bits per heavy atom. The first-order valence-corrected chi connectivity index (χ1v) is 10.9. The second-order valence-corrected chi connectivity index (χ2v) is 9.76. The van der Waals surface area contributed by atoms with E-state index in [2.05, 4.69) is 20.4 Å². The van der Waals surface area contributed by atoms with Crippen LogP contribution < -0.4 is 10.9 Å². The van der Waals surface area contributed by atoms with E-state index in [4.69, 9.17) is 0 Å². The van der Waals surface area contributed by atoms with Gasteiger partial charge in [0.05, 0.1) is 22.3 Å². The number of nitrogens with zero attached hydrogens (tertiary/aromatic N) is 3. The molecule has 1 amide bonds. The van der Waals surface area contributed by atoms with Gasteiger partial charge in [0.2, 0.25) is 11.9 Å². The molecule has 1 aromatic carbocycles. The summed E-state index contributed by atoms with van der Waals surface area (Å²) in [5, 5.41) is 6.53. The second-order valence-electron chi connectivity index (χ2n) is 7.26. The highest BCUT2D eigenvalue weighted by atomic mass is 32.2. The van der Waals surface area contributed by atoms with Gasteiger partial charge in [0.15, 0.2) is 9.84 Å². The van der Waals surface area contributed by atoms with Gasteiger partial charge in [0, 0.05) is 17.8 Å². The van der Waals surface area contributed by atoms with Crippen LogP contribution >= 0.6 is 0 Å². The summed E-state index contributed by atoms with van der Waals surface area (Å²) in [7, 11) is -3.36. The van der Waals surface area contributed by atoms with Crippen LogP contribution in [0.15, 0.2) is 46.1 Å². The molecule has 0 radical (unpaired) electrons. The van der Waals surface area contributed by atoms with Gasteiger partial charge in [-0.15, -0.1) is 0 Å². The number of hydrogen-bond donors (Lipinski definition) is 2. The average Bonchev–Trinajstić information content (AvgIpc) is 3.01. The first-order valence-electron chi connectivity index (χ1n) is 9.34. The molecule has 0 aliphatic carbocycles. The van der Waals surface area contributed by atoms with E-state index in [1.165, 1.54) is 22.9 Å². The zero-order valence-electron chi connectivity index (χ0n) is 17.1. The van der Waals surface area contributed by atoms with Crippen molar-refractivity contribution in [2.75, 3.05) is 5.32 Å². The molecule has 0 aliphatic rings. The summed E-state index contributed by atoms with van der Waals surface area (Å²) < 4.78 is 25.8. The Bertz CT molecular complexity index is 1240. The molecule has 158 valence electrons. The third kappa shape index (κ3) is 4.65. The standard InChI is InChI=1S/C20H23N5O4S/c1-12(2)30(28,29)16-7-5-15(6-8-16)11-19(27)22-17-9-14(4)24-25(17)20-21-13(3)10-18(26)23-20/h5-10,12H,11H2,1-4H3,(H,22,27)(H,21,23,26). The molecule has 2 N–H and O–H groups in total. The van der Waals surface area contributed by atoms with E-state index in [1.54, 1.807) is 45.9 Å². The first-order chi connectivity index (χ1) is 14.1. The van der Waals surface area contributed by atoms with Crippen molar-refractivity contribution >= 4 is 21.6 Å². The smallest absolute Gasteiger partial charge is 0.252 e. The van der Waals surface area contributed by atoms with E-state index < -0.39 is 15.1 Å². The number of aromatic nitrogens is 4. The Labute approximate surface area is 174 Å². The fourth-order valence-corrected chi connectivity index (χ4v) is 3.91. The largest absolute Gasteiger partial charge is 0.310 e. The summed E-state index contributed by atoms with van der Waals surface area (Å²) in [6.45, 7) is 6.70. The molecule has 0 saturated carbocycles. The van der Waals surface area contributed by atoms with Crippen LogP contribution in [0, 0.1) is 13.8 Å². The molecule has 9 nitrogen and oxygen atoms in total. The molecule has 30 heavy (non-hydrogen) atoms. The van der Waals surface area contributed by atoms with Crippen LogP contribution in [0.3, 0.4) is 0 Å². The van der Waals surface area contributed by atoms with E-state index in [0.29, 0.717) is 22.8 Å². The minimum atomic E-state index is -3.36. The molecule has 0 bridgehead atoms. The molecule has 3 rings (SSSR count). The summed E-state index contributed by atoms with van der Waals surface area (Å²) in [6.07, 6.45) is 0.0456. The average molecular weight is 430 g/mol. The molecule has 10 heteroatoms. The Morgan fingerprint density at radius 2 is 1.80 bits per heavy atom. The lowest BCUT2D eigenvalue weighted by molar-refractivity contribution is -0.115. The predicted octanol–water partition coefficient (Wildman–Crippen LogP) is 1.94. The van der Waals surface area contributed by atoms with Gasteiger partial charge >= 0.3 is 0 Å². The number of sulfone groups is 1. The number of aryl methyl sites for hydroxylation is 2. The van der Waals surface area contributed by atoms with Crippen molar-refractivity contribution in [3.63, 3.8) is 0 Å². The van der Waals surface area contributed by atoms with Crippen molar-refractivity contribution < 1.29 is 13.2 Å². The number of nitrogens with one attached hydrogen (secondary N) is 2. The van der Waals surface area contributed by atoms with E-state index in [-0.39, 0.29) is 28.7 Å². The van der Waals surface area contributed by atoms with Crippen molar-refractivity contribution in [1.29, 1.82) is 0 Å². The van der Waals surface area contributed by atoms with Gasteiger partial charge in [-0.2, -0.15) is 9.78 Å². The van der Waals surface area contributed by atoms with E-state index in [9.17, 15) is 18.0 Å².